The van der Waals surface area contributed by atoms with Gasteiger partial charge in [0.1, 0.15) is 11.8 Å². The minimum Gasteiger partial charge on any atom is -0.480 e. The number of hydrogen-bond donors (Lipinski definition) is 3. The topological polar surface area (TPSA) is 134 Å². The van der Waals surface area contributed by atoms with Crippen molar-refractivity contribution in [2.45, 2.75) is 25.3 Å². The Balaban J connectivity index is 2.64. The molecule has 2 amide bonds. The van der Waals surface area contributed by atoms with E-state index in [0.29, 0.717) is 0 Å². The zero-order chi connectivity index (χ0) is 14.4. The molecule has 0 aromatic carbocycles. The predicted molar refractivity (Wildman–Crippen MR) is 61.0 cm³/mol. The van der Waals surface area contributed by atoms with Crippen LogP contribution in [0.15, 0.2) is 5.10 Å². The molecule has 1 rings (SSSR count). The Kier molecular flexibility index (Phi) is 4.98. The second kappa shape index (κ2) is 6.47. The summed E-state index contributed by atoms with van der Waals surface area (Å²) in [4.78, 5) is 44.4. The number of rotatable bonds is 5. The smallest absolute Gasteiger partial charge is 0.326 e. The van der Waals surface area contributed by atoms with Crippen LogP contribution in [0.5, 0.6) is 0 Å². The number of esters is 1. The van der Waals surface area contributed by atoms with Crippen molar-refractivity contribution in [3.63, 3.8) is 0 Å². The van der Waals surface area contributed by atoms with Crippen molar-refractivity contribution >= 4 is 29.5 Å². The molecule has 0 aromatic heterocycles. The highest BCUT2D eigenvalue weighted by Crippen LogP contribution is 2.02. The van der Waals surface area contributed by atoms with E-state index in [0.717, 1.165) is 7.11 Å². The molecule has 1 aliphatic heterocycles. The maximum absolute atomic E-state index is 11.7. The number of nitrogens with zero attached hydrogens (tertiary/aromatic N) is 1. The van der Waals surface area contributed by atoms with Crippen molar-refractivity contribution < 1.29 is 29.0 Å². The zero-order valence-electron chi connectivity index (χ0n) is 10.1. The molecule has 9 nitrogen and oxygen atoms in total. The lowest BCUT2D eigenvalue weighted by molar-refractivity contribution is -0.148. The van der Waals surface area contributed by atoms with Gasteiger partial charge in [0.15, 0.2) is 0 Å². The summed E-state index contributed by atoms with van der Waals surface area (Å²) < 4.78 is 4.33. The zero-order valence-corrected chi connectivity index (χ0v) is 10.1. The molecular formula is C10H13N3O6. The van der Waals surface area contributed by atoms with Crippen LogP contribution in [-0.4, -0.2) is 47.7 Å². The van der Waals surface area contributed by atoms with Crippen molar-refractivity contribution in [2.24, 2.45) is 5.10 Å². The molecule has 1 atom stereocenters. The Hall–Kier alpha value is -2.45. The Labute approximate surface area is 108 Å². The molecule has 0 saturated heterocycles. The van der Waals surface area contributed by atoms with Gasteiger partial charge in [-0.15, -0.1) is 0 Å². The predicted octanol–water partition coefficient (Wildman–Crippen LogP) is -1.62. The first kappa shape index (κ1) is 14.6. The van der Waals surface area contributed by atoms with E-state index >= 15 is 0 Å². The quantitative estimate of drug-likeness (QED) is 0.515. The highest BCUT2D eigenvalue weighted by Gasteiger charge is 2.26. The number of nitrogens with one attached hydrogen (secondary N) is 2. The Bertz CT molecular complexity index is 445. The van der Waals surface area contributed by atoms with Gasteiger partial charge in [0.05, 0.1) is 13.5 Å². The van der Waals surface area contributed by atoms with Gasteiger partial charge in [-0.1, -0.05) is 0 Å². The molecule has 0 saturated carbocycles. The van der Waals surface area contributed by atoms with Crippen LogP contribution >= 0.6 is 0 Å². The van der Waals surface area contributed by atoms with Crippen LogP contribution < -0.4 is 10.7 Å². The van der Waals surface area contributed by atoms with Crippen molar-refractivity contribution in [2.75, 3.05) is 7.11 Å². The molecule has 3 N–H and O–H groups in total. The van der Waals surface area contributed by atoms with Crippen LogP contribution in [0.25, 0.3) is 0 Å². The van der Waals surface area contributed by atoms with E-state index in [1.807, 2.05) is 0 Å². The van der Waals surface area contributed by atoms with E-state index in [-0.39, 0.29) is 24.5 Å². The molecule has 0 spiro atoms. The fourth-order valence-corrected chi connectivity index (χ4v) is 1.33. The average Bonchev–Trinajstić information content (AvgIpc) is 2.38. The largest absolute Gasteiger partial charge is 0.480 e. The molecule has 0 aliphatic carbocycles. The van der Waals surface area contributed by atoms with Gasteiger partial charge < -0.3 is 15.2 Å². The van der Waals surface area contributed by atoms with Gasteiger partial charge in [-0.3, -0.25) is 14.4 Å². The number of carboxylic acids is 1. The van der Waals surface area contributed by atoms with Crippen LogP contribution in [0.2, 0.25) is 0 Å². The molecule has 104 valence electrons. The molecule has 0 unspecified atom stereocenters. The third-order valence-corrected chi connectivity index (χ3v) is 2.37. The molecule has 0 aromatic rings. The van der Waals surface area contributed by atoms with E-state index in [9.17, 15) is 19.2 Å². The minimum absolute atomic E-state index is 0.00992. The molecular weight excluding hydrogens is 258 g/mol. The third kappa shape index (κ3) is 4.37. The SMILES string of the molecule is COC(=O)C[C@H](NC(=O)C1=NNC(=O)CC1)C(=O)O. The fraction of sp³-hybridized carbons (Fsp3) is 0.500. The van der Waals surface area contributed by atoms with Crippen LogP contribution in [0.3, 0.4) is 0 Å². The van der Waals surface area contributed by atoms with E-state index in [4.69, 9.17) is 5.11 Å². The van der Waals surface area contributed by atoms with Crippen LogP contribution in [-0.2, 0) is 23.9 Å². The van der Waals surface area contributed by atoms with Crippen molar-refractivity contribution in [1.29, 1.82) is 0 Å². The number of carboxylic acid groups (broad SMARTS) is 1. The lowest BCUT2D eigenvalue weighted by atomic mass is 10.1. The van der Waals surface area contributed by atoms with Gasteiger partial charge in [-0.25, -0.2) is 10.2 Å². The summed E-state index contributed by atoms with van der Waals surface area (Å²) in [6, 6.07) is -1.40. The third-order valence-electron chi connectivity index (χ3n) is 2.37. The van der Waals surface area contributed by atoms with E-state index in [1.54, 1.807) is 0 Å². The summed E-state index contributed by atoms with van der Waals surface area (Å²) in [5.74, 6) is -3.18. The second-order valence-corrected chi connectivity index (χ2v) is 3.74. The minimum atomic E-state index is -1.40. The first-order chi connectivity index (χ1) is 8.93. The fourth-order valence-electron chi connectivity index (χ4n) is 1.33. The van der Waals surface area contributed by atoms with Crippen LogP contribution in [0, 0.1) is 0 Å². The number of hydrogen-bond acceptors (Lipinski definition) is 6. The van der Waals surface area contributed by atoms with Crippen LogP contribution in [0.1, 0.15) is 19.3 Å². The maximum Gasteiger partial charge on any atom is 0.326 e. The molecule has 19 heavy (non-hydrogen) atoms. The standard InChI is InChI=1S/C10H13N3O6/c1-19-8(15)4-6(10(17)18)11-9(16)5-2-3-7(14)13-12-5/h6H,2-4H2,1H3,(H,11,16)(H,13,14)(H,17,18)/t6-/m0/s1. The summed E-state index contributed by atoms with van der Waals surface area (Å²) in [7, 11) is 1.11. The Morgan fingerprint density at radius 2 is 2.16 bits per heavy atom. The normalized spacial score (nSPS) is 15.8. The number of methoxy groups -OCH3 is 1. The van der Waals surface area contributed by atoms with Gasteiger partial charge in [0.25, 0.3) is 5.91 Å². The Morgan fingerprint density at radius 3 is 2.63 bits per heavy atom. The molecule has 0 radical (unpaired) electrons. The van der Waals surface area contributed by atoms with Gasteiger partial charge in [0.2, 0.25) is 5.91 Å². The van der Waals surface area contributed by atoms with Gasteiger partial charge in [-0.05, 0) is 0 Å². The monoisotopic (exact) mass is 271 g/mol. The number of carbonyl (C=O) groups is 4. The van der Waals surface area contributed by atoms with Crippen LogP contribution in [0.4, 0.5) is 0 Å². The van der Waals surface area contributed by atoms with Crippen molar-refractivity contribution in [3.05, 3.63) is 0 Å². The highest BCUT2D eigenvalue weighted by molar-refractivity contribution is 6.39. The summed E-state index contributed by atoms with van der Waals surface area (Å²) in [6.07, 6.45) is -0.277. The van der Waals surface area contributed by atoms with E-state index in [1.165, 1.54) is 0 Å². The molecule has 0 fully saturated rings. The summed E-state index contributed by atoms with van der Waals surface area (Å²) in [6.45, 7) is 0. The molecule has 1 heterocycles. The summed E-state index contributed by atoms with van der Waals surface area (Å²) >= 11 is 0. The van der Waals surface area contributed by atoms with E-state index < -0.39 is 30.3 Å². The average molecular weight is 271 g/mol. The first-order valence-electron chi connectivity index (χ1n) is 5.40. The number of amides is 2. The van der Waals surface area contributed by atoms with Gasteiger partial charge in [0, 0.05) is 12.8 Å². The lowest BCUT2D eigenvalue weighted by Gasteiger charge is -2.16. The number of hydrazone groups is 1. The first-order valence-corrected chi connectivity index (χ1v) is 5.40. The number of ether oxygens (including phenoxy) is 1. The maximum atomic E-state index is 11.7. The van der Waals surface area contributed by atoms with Crippen molar-refractivity contribution in [1.82, 2.24) is 10.7 Å². The molecule has 9 heteroatoms. The Morgan fingerprint density at radius 1 is 1.47 bits per heavy atom. The lowest BCUT2D eigenvalue weighted by Crippen LogP contribution is -2.46. The number of carbonyl (C=O) groups excluding carboxylic acids is 3. The van der Waals surface area contributed by atoms with Gasteiger partial charge in [-0.2, -0.15) is 5.10 Å². The summed E-state index contributed by atoms with van der Waals surface area (Å²) in [5, 5.41) is 14.5. The second-order valence-electron chi connectivity index (χ2n) is 3.74. The highest BCUT2D eigenvalue weighted by atomic mass is 16.5. The van der Waals surface area contributed by atoms with E-state index in [2.05, 4.69) is 20.6 Å². The molecule has 1 aliphatic rings. The molecule has 0 bridgehead atoms. The summed E-state index contributed by atoms with van der Waals surface area (Å²) in [5.41, 5.74) is 2.13. The number of aliphatic carboxylic acids is 1. The van der Waals surface area contributed by atoms with Gasteiger partial charge >= 0.3 is 11.9 Å². The van der Waals surface area contributed by atoms with Crippen molar-refractivity contribution in [3.8, 4) is 0 Å².